The van der Waals surface area contributed by atoms with Crippen molar-refractivity contribution in [1.29, 1.82) is 0 Å². The van der Waals surface area contributed by atoms with Gasteiger partial charge in [-0.25, -0.2) is 0 Å². The van der Waals surface area contributed by atoms with Crippen molar-refractivity contribution in [2.75, 3.05) is 38.1 Å². The molecule has 1 fully saturated rings. The van der Waals surface area contributed by atoms with Crippen molar-refractivity contribution in [2.24, 2.45) is 5.73 Å². The zero-order valence-corrected chi connectivity index (χ0v) is 11.3. The Kier molecular flexibility index (Phi) is 3.36. The van der Waals surface area contributed by atoms with Crippen LogP contribution in [0.3, 0.4) is 0 Å². The Labute approximate surface area is 113 Å². The first kappa shape index (κ1) is 12.4. The number of rotatable bonds is 2. The van der Waals surface area contributed by atoms with Gasteiger partial charge < -0.3 is 15.5 Å². The van der Waals surface area contributed by atoms with Gasteiger partial charge in [-0.3, -0.25) is 4.98 Å². The molecule has 1 aromatic carbocycles. The maximum atomic E-state index is 5.80. The summed E-state index contributed by atoms with van der Waals surface area (Å²) in [6.45, 7) is 4.91. The SMILES string of the molecule is CN1CCN(c2ccnc3c(CN)cccc23)CC1. The molecule has 19 heavy (non-hydrogen) atoms. The van der Waals surface area contributed by atoms with Crippen LogP contribution >= 0.6 is 0 Å². The number of nitrogens with two attached hydrogens (primary N) is 1. The van der Waals surface area contributed by atoms with Gasteiger partial charge in [0.15, 0.2) is 0 Å². The predicted molar refractivity (Wildman–Crippen MR) is 79.3 cm³/mol. The molecule has 100 valence electrons. The van der Waals surface area contributed by atoms with E-state index in [9.17, 15) is 0 Å². The second-order valence-corrected chi connectivity index (χ2v) is 5.14. The van der Waals surface area contributed by atoms with Crippen molar-refractivity contribution in [2.45, 2.75) is 6.54 Å². The lowest BCUT2D eigenvalue weighted by Gasteiger charge is -2.34. The third-order valence-corrected chi connectivity index (χ3v) is 3.90. The van der Waals surface area contributed by atoms with E-state index in [1.807, 2.05) is 6.20 Å². The number of aromatic nitrogens is 1. The van der Waals surface area contributed by atoms with Crippen LogP contribution in [0.15, 0.2) is 30.5 Å². The zero-order chi connectivity index (χ0) is 13.2. The van der Waals surface area contributed by atoms with E-state index in [2.05, 4.69) is 46.1 Å². The lowest BCUT2D eigenvalue weighted by atomic mass is 10.1. The molecular formula is C15H20N4. The molecule has 2 N–H and O–H groups in total. The Morgan fingerprint density at radius 1 is 1.16 bits per heavy atom. The first-order chi connectivity index (χ1) is 9.29. The summed E-state index contributed by atoms with van der Waals surface area (Å²) in [6.07, 6.45) is 1.90. The van der Waals surface area contributed by atoms with E-state index in [1.54, 1.807) is 0 Å². The minimum absolute atomic E-state index is 0.538. The number of nitrogens with zero attached hydrogens (tertiary/aromatic N) is 3. The minimum atomic E-state index is 0.538. The lowest BCUT2D eigenvalue weighted by molar-refractivity contribution is 0.313. The number of benzene rings is 1. The van der Waals surface area contributed by atoms with E-state index in [0.717, 1.165) is 37.3 Å². The number of para-hydroxylation sites is 1. The number of hydrogen-bond donors (Lipinski definition) is 1. The molecule has 1 saturated heterocycles. The smallest absolute Gasteiger partial charge is 0.0767 e. The van der Waals surface area contributed by atoms with Crippen molar-refractivity contribution in [3.05, 3.63) is 36.0 Å². The fraction of sp³-hybridized carbons (Fsp3) is 0.400. The van der Waals surface area contributed by atoms with Crippen LogP contribution in [-0.4, -0.2) is 43.1 Å². The molecule has 4 nitrogen and oxygen atoms in total. The Bertz CT molecular complexity index is 573. The molecule has 0 unspecified atom stereocenters. The highest BCUT2D eigenvalue weighted by atomic mass is 15.2. The molecule has 0 saturated carbocycles. The number of likely N-dealkylation sites (N-methyl/N-ethyl adjacent to an activating group) is 1. The molecule has 0 atom stereocenters. The molecule has 0 spiro atoms. The highest BCUT2D eigenvalue weighted by Gasteiger charge is 2.16. The van der Waals surface area contributed by atoms with Crippen molar-refractivity contribution < 1.29 is 0 Å². The molecule has 1 aromatic heterocycles. The van der Waals surface area contributed by atoms with Gasteiger partial charge in [-0.05, 0) is 18.7 Å². The molecule has 0 amide bonds. The summed E-state index contributed by atoms with van der Waals surface area (Å²) in [7, 11) is 2.18. The van der Waals surface area contributed by atoms with E-state index in [1.165, 1.54) is 11.1 Å². The van der Waals surface area contributed by atoms with E-state index >= 15 is 0 Å². The van der Waals surface area contributed by atoms with Crippen molar-refractivity contribution >= 4 is 16.6 Å². The minimum Gasteiger partial charge on any atom is -0.368 e. The average molecular weight is 256 g/mol. The van der Waals surface area contributed by atoms with Gasteiger partial charge in [0.25, 0.3) is 0 Å². The van der Waals surface area contributed by atoms with E-state index < -0.39 is 0 Å². The highest BCUT2D eigenvalue weighted by molar-refractivity contribution is 5.93. The van der Waals surface area contributed by atoms with Crippen LogP contribution in [-0.2, 0) is 6.54 Å². The van der Waals surface area contributed by atoms with Crippen molar-refractivity contribution in [1.82, 2.24) is 9.88 Å². The quantitative estimate of drug-likeness (QED) is 0.883. The maximum absolute atomic E-state index is 5.80. The molecule has 4 heteroatoms. The largest absolute Gasteiger partial charge is 0.368 e. The third-order valence-electron chi connectivity index (χ3n) is 3.90. The molecule has 0 aliphatic carbocycles. The Balaban J connectivity index is 2.04. The first-order valence-corrected chi connectivity index (χ1v) is 6.80. The van der Waals surface area contributed by atoms with E-state index in [4.69, 9.17) is 5.73 Å². The Morgan fingerprint density at radius 2 is 1.95 bits per heavy atom. The van der Waals surface area contributed by atoms with Gasteiger partial charge >= 0.3 is 0 Å². The van der Waals surface area contributed by atoms with Gasteiger partial charge in [-0.1, -0.05) is 18.2 Å². The van der Waals surface area contributed by atoms with Crippen LogP contribution in [0.25, 0.3) is 10.9 Å². The van der Waals surface area contributed by atoms with Gasteiger partial charge in [0, 0.05) is 50.0 Å². The Hall–Kier alpha value is -1.65. The van der Waals surface area contributed by atoms with Gasteiger partial charge in [0.1, 0.15) is 0 Å². The molecule has 3 rings (SSSR count). The van der Waals surface area contributed by atoms with E-state index in [-0.39, 0.29) is 0 Å². The monoisotopic (exact) mass is 256 g/mol. The summed E-state index contributed by atoms with van der Waals surface area (Å²) in [5, 5.41) is 1.22. The summed E-state index contributed by atoms with van der Waals surface area (Å²) >= 11 is 0. The zero-order valence-electron chi connectivity index (χ0n) is 11.3. The van der Waals surface area contributed by atoms with Gasteiger partial charge in [0.05, 0.1) is 5.52 Å². The van der Waals surface area contributed by atoms with Crippen LogP contribution in [0, 0.1) is 0 Å². The van der Waals surface area contributed by atoms with Crippen LogP contribution in [0.2, 0.25) is 0 Å². The van der Waals surface area contributed by atoms with Crippen LogP contribution in [0.4, 0.5) is 5.69 Å². The van der Waals surface area contributed by atoms with Crippen LogP contribution in [0.5, 0.6) is 0 Å². The highest BCUT2D eigenvalue weighted by Crippen LogP contribution is 2.27. The Morgan fingerprint density at radius 3 is 2.68 bits per heavy atom. The average Bonchev–Trinajstić information content (AvgIpc) is 2.47. The summed E-state index contributed by atoms with van der Waals surface area (Å²) in [6, 6.07) is 8.40. The summed E-state index contributed by atoms with van der Waals surface area (Å²) in [5.74, 6) is 0. The molecule has 2 aromatic rings. The topological polar surface area (TPSA) is 45.4 Å². The standard InChI is InChI=1S/C15H20N4/c1-18-7-9-19(10-8-18)14-5-6-17-15-12(11-16)3-2-4-13(14)15/h2-6H,7-11,16H2,1H3. The fourth-order valence-electron chi connectivity index (χ4n) is 2.71. The van der Waals surface area contributed by atoms with Crippen molar-refractivity contribution in [3.8, 4) is 0 Å². The van der Waals surface area contributed by atoms with Crippen LogP contribution < -0.4 is 10.6 Å². The molecule has 0 bridgehead atoms. The number of fused-ring (bicyclic) bond motifs is 1. The van der Waals surface area contributed by atoms with Crippen molar-refractivity contribution in [3.63, 3.8) is 0 Å². The second-order valence-electron chi connectivity index (χ2n) is 5.14. The molecule has 1 aliphatic heterocycles. The predicted octanol–water partition coefficient (Wildman–Crippen LogP) is 1.45. The second kappa shape index (κ2) is 5.15. The lowest BCUT2D eigenvalue weighted by Crippen LogP contribution is -2.44. The summed E-state index contributed by atoms with van der Waals surface area (Å²) < 4.78 is 0. The normalized spacial score (nSPS) is 17.1. The van der Waals surface area contributed by atoms with Gasteiger partial charge in [-0.2, -0.15) is 0 Å². The summed E-state index contributed by atoms with van der Waals surface area (Å²) in [5.41, 5.74) is 9.25. The molecular weight excluding hydrogens is 236 g/mol. The first-order valence-electron chi connectivity index (χ1n) is 6.80. The number of hydrogen-bond acceptors (Lipinski definition) is 4. The molecule has 2 heterocycles. The molecule has 0 radical (unpaired) electrons. The number of pyridine rings is 1. The van der Waals surface area contributed by atoms with Gasteiger partial charge in [-0.15, -0.1) is 0 Å². The van der Waals surface area contributed by atoms with Gasteiger partial charge in [0.2, 0.25) is 0 Å². The fourth-order valence-corrected chi connectivity index (χ4v) is 2.71. The maximum Gasteiger partial charge on any atom is 0.0767 e. The third kappa shape index (κ3) is 2.29. The van der Waals surface area contributed by atoms with Crippen LogP contribution in [0.1, 0.15) is 5.56 Å². The summed E-state index contributed by atoms with van der Waals surface area (Å²) in [4.78, 5) is 9.32. The number of piperazine rings is 1. The van der Waals surface area contributed by atoms with E-state index in [0.29, 0.717) is 6.54 Å². The molecule has 1 aliphatic rings. The number of anilines is 1.